The van der Waals surface area contributed by atoms with E-state index in [1.807, 2.05) is 13.8 Å². The first-order valence-corrected chi connectivity index (χ1v) is 6.29. The van der Waals surface area contributed by atoms with Crippen molar-refractivity contribution in [3.8, 4) is 0 Å². The number of unbranched alkanes of at least 4 members (excludes halogenated alkanes) is 2. The average molecular weight is 337 g/mol. The molecule has 0 aliphatic carbocycles. The Morgan fingerprint density at radius 2 is 1.77 bits per heavy atom. The van der Waals surface area contributed by atoms with E-state index in [1.54, 1.807) is 0 Å². The summed E-state index contributed by atoms with van der Waals surface area (Å²) < 4.78 is 15.8. The molecule has 0 N–H and O–H groups in total. The minimum Gasteiger partial charge on any atom is -0.778 e. The summed E-state index contributed by atoms with van der Waals surface area (Å²) in [6.45, 7) is 4.32. The van der Waals surface area contributed by atoms with Gasteiger partial charge in [0.25, 0.3) is 0 Å². The van der Waals surface area contributed by atoms with Gasteiger partial charge in [-0.05, 0) is 12.8 Å². The van der Waals surface area contributed by atoms with E-state index in [4.69, 9.17) is 4.52 Å². The second-order valence-electron chi connectivity index (χ2n) is 2.87. The van der Waals surface area contributed by atoms with Gasteiger partial charge in [0.1, 0.15) is 7.60 Å². The summed E-state index contributed by atoms with van der Waals surface area (Å²) in [4.78, 5) is 11.1. The van der Waals surface area contributed by atoms with Crippen LogP contribution < -0.4 is 4.89 Å². The van der Waals surface area contributed by atoms with Gasteiger partial charge in [-0.2, -0.15) is 0 Å². The Balaban J connectivity index is 0. The van der Waals surface area contributed by atoms with Crippen molar-refractivity contribution in [2.45, 2.75) is 39.5 Å². The monoisotopic (exact) mass is 335 g/mol. The quantitative estimate of drug-likeness (QED) is 0.528. The molecule has 0 fully saturated rings. The first kappa shape index (κ1) is 16.9. The van der Waals surface area contributed by atoms with Crippen LogP contribution in [0.1, 0.15) is 39.5 Å². The summed E-state index contributed by atoms with van der Waals surface area (Å²) in [6, 6.07) is 0. The fourth-order valence-corrected chi connectivity index (χ4v) is 2.00. The minimum absolute atomic E-state index is 0. The molecule has 1 unspecified atom stereocenters. The molecule has 0 saturated heterocycles. The molecule has 5 heteroatoms. The van der Waals surface area contributed by atoms with Gasteiger partial charge in [0.05, 0.1) is 6.61 Å². The summed E-state index contributed by atoms with van der Waals surface area (Å²) in [5.74, 6) is 0. The zero-order chi connectivity index (χ0) is 9.45. The maximum absolute atomic E-state index is 11.1. The van der Waals surface area contributed by atoms with Crippen LogP contribution in [0.15, 0.2) is 0 Å². The van der Waals surface area contributed by atoms with Crippen LogP contribution in [0.3, 0.4) is 0 Å². The predicted molar refractivity (Wildman–Crippen MR) is 48.2 cm³/mol. The largest absolute Gasteiger partial charge is 3.00 e. The van der Waals surface area contributed by atoms with Gasteiger partial charge in [-0.25, -0.2) is 0 Å². The van der Waals surface area contributed by atoms with E-state index < -0.39 is 7.60 Å². The molecule has 0 spiro atoms. The van der Waals surface area contributed by atoms with Crippen molar-refractivity contribution >= 4 is 7.60 Å². The van der Waals surface area contributed by atoms with Crippen molar-refractivity contribution in [1.82, 2.24) is 0 Å². The molecule has 0 aliphatic rings. The van der Waals surface area contributed by atoms with Crippen molar-refractivity contribution in [1.29, 1.82) is 0 Å². The SMILES string of the molecule is CCCCOP(=O)([O-])CCCC.[Nd+3]. The maximum atomic E-state index is 11.1. The third kappa shape index (κ3) is 11.4. The first-order valence-electron chi connectivity index (χ1n) is 4.57. The van der Waals surface area contributed by atoms with Gasteiger partial charge in [0.15, 0.2) is 0 Å². The van der Waals surface area contributed by atoms with Crippen molar-refractivity contribution in [2.24, 2.45) is 0 Å². The molecular formula is C8H18NdO3P+2. The van der Waals surface area contributed by atoms with E-state index in [-0.39, 0.29) is 47.0 Å². The molecule has 0 aromatic rings. The topological polar surface area (TPSA) is 49.4 Å². The summed E-state index contributed by atoms with van der Waals surface area (Å²) in [5.41, 5.74) is 0. The van der Waals surface area contributed by atoms with Crippen LogP contribution >= 0.6 is 7.60 Å². The molecule has 0 amide bonds. The summed E-state index contributed by atoms with van der Waals surface area (Å²) >= 11 is 0. The van der Waals surface area contributed by atoms with Crippen molar-refractivity contribution in [3.05, 3.63) is 0 Å². The van der Waals surface area contributed by atoms with Crippen molar-refractivity contribution in [3.63, 3.8) is 0 Å². The van der Waals surface area contributed by atoms with Crippen LogP contribution in [-0.2, 0) is 9.09 Å². The number of hydrogen-bond donors (Lipinski definition) is 0. The summed E-state index contributed by atoms with van der Waals surface area (Å²) in [7, 11) is -3.49. The van der Waals surface area contributed by atoms with Gasteiger partial charge in [-0.15, -0.1) is 0 Å². The Hall–Kier alpha value is 1.50. The van der Waals surface area contributed by atoms with Crippen LogP contribution in [0.2, 0.25) is 0 Å². The third-order valence-electron chi connectivity index (χ3n) is 1.57. The molecular weight excluding hydrogens is 319 g/mol. The number of rotatable bonds is 7. The minimum atomic E-state index is -3.49. The second-order valence-corrected chi connectivity index (χ2v) is 4.80. The molecule has 75 valence electrons. The average Bonchev–Trinajstić information content (AvgIpc) is 2.01. The molecule has 0 rings (SSSR count). The molecule has 0 saturated carbocycles. The van der Waals surface area contributed by atoms with Crippen molar-refractivity contribution in [2.75, 3.05) is 12.8 Å². The molecule has 0 aliphatic heterocycles. The van der Waals surface area contributed by atoms with Gasteiger partial charge < -0.3 is 14.0 Å². The zero-order valence-electron chi connectivity index (χ0n) is 8.41. The Morgan fingerprint density at radius 3 is 2.23 bits per heavy atom. The van der Waals surface area contributed by atoms with Crippen LogP contribution in [0.25, 0.3) is 0 Å². The standard InChI is InChI=1S/C8H19O3P.Nd/c1-3-5-7-11-12(9,10)8-6-4-2;/h3-8H2,1-2H3,(H,9,10);/q;+3/p-1. The summed E-state index contributed by atoms with van der Waals surface area (Å²) in [5, 5.41) is 0. The predicted octanol–water partition coefficient (Wildman–Crippen LogP) is 2.16. The van der Waals surface area contributed by atoms with E-state index >= 15 is 0 Å². The normalized spacial score (nSPS) is 14.7. The Bertz CT molecular complexity index is 152. The molecule has 1 atom stereocenters. The Kier molecular flexibility index (Phi) is 13.1. The molecule has 0 heterocycles. The molecule has 0 aromatic heterocycles. The fourth-order valence-electron chi connectivity index (χ4n) is 0.764. The molecule has 0 aromatic carbocycles. The molecule has 13 heavy (non-hydrogen) atoms. The van der Waals surface area contributed by atoms with Crippen LogP contribution in [0.4, 0.5) is 0 Å². The third-order valence-corrected chi connectivity index (χ3v) is 3.01. The van der Waals surface area contributed by atoms with Crippen LogP contribution in [0.5, 0.6) is 0 Å². The molecule has 1 radical (unpaired) electrons. The first-order chi connectivity index (χ1) is 5.62. The zero-order valence-corrected chi connectivity index (χ0v) is 12.5. The van der Waals surface area contributed by atoms with E-state index in [0.29, 0.717) is 13.0 Å². The van der Waals surface area contributed by atoms with Crippen LogP contribution in [0, 0.1) is 40.8 Å². The van der Waals surface area contributed by atoms with Gasteiger partial charge in [0.2, 0.25) is 0 Å². The van der Waals surface area contributed by atoms with Gasteiger partial charge in [-0.3, -0.25) is 0 Å². The Morgan fingerprint density at radius 1 is 1.23 bits per heavy atom. The maximum Gasteiger partial charge on any atom is 3.00 e. The van der Waals surface area contributed by atoms with E-state index in [9.17, 15) is 9.46 Å². The fraction of sp³-hybridized carbons (Fsp3) is 1.00. The Labute approximate surface area is 114 Å². The molecule has 3 nitrogen and oxygen atoms in total. The van der Waals surface area contributed by atoms with E-state index in [1.165, 1.54) is 0 Å². The smallest absolute Gasteiger partial charge is 0.778 e. The molecule has 0 bridgehead atoms. The van der Waals surface area contributed by atoms with E-state index in [0.717, 1.165) is 19.3 Å². The van der Waals surface area contributed by atoms with E-state index in [2.05, 4.69) is 0 Å². The van der Waals surface area contributed by atoms with Gasteiger partial charge >= 0.3 is 40.8 Å². The van der Waals surface area contributed by atoms with Crippen LogP contribution in [-0.4, -0.2) is 12.8 Å². The van der Waals surface area contributed by atoms with Gasteiger partial charge in [0, 0.05) is 6.16 Å². The van der Waals surface area contributed by atoms with Gasteiger partial charge in [-0.1, -0.05) is 26.7 Å². The number of hydrogen-bond acceptors (Lipinski definition) is 3. The summed E-state index contributed by atoms with van der Waals surface area (Å²) in [6.07, 6.45) is 3.57. The second kappa shape index (κ2) is 10.0. The van der Waals surface area contributed by atoms with Crippen molar-refractivity contribution < 1.29 is 54.8 Å².